The van der Waals surface area contributed by atoms with E-state index >= 15 is 0 Å². The van der Waals surface area contributed by atoms with Gasteiger partial charge in [-0.15, -0.1) is 0 Å². The molecule has 1 saturated heterocycles. The third kappa shape index (κ3) is 4.02. The number of ether oxygens (including phenoxy) is 1. The smallest absolute Gasteiger partial charge is 0.317 e. The van der Waals surface area contributed by atoms with Gasteiger partial charge in [0.2, 0.25) is 0 Å². The number of nitrogens with two attached hydrogens (primary N) is 1. The first-order valence-corrected chi connectivity index (χ1v) is 7.34. The van der Waals surface area contributed by atoms with Gasteiger partial charge in [0.25, 0.3) is 0 Å². The minimum Gasteiger partial charge on any atom is -0.481 e. The maximum Gasteiger partial charge on any atom is 0.317 e. The monoisotopic (exact) mass is 316 g/mol. The summed E-state index contributed by atoms with van der Waals surface area (Å²) in [6.07, 6.45) is 5.35. The molecule has 6 N–H and O–H groups in total. The van der Waals surface area contributed by atoms with Gasteiger partial charge in [-0.2, -0.15) is 0 Å². The van der Waals surface area contributed by atoms with Crippen molar-refractivity contribution in [2.45, 2.75) is 38.5 Å². The van der Waals surface area contributed by atoms with E-state index in [1.54, 1.807) is 0 Å². The van der Waals surface area contributed by atoms with Crippen LogP contribution in [0.3, 0.4) is 0 Å². The first kappa shape index (κ1) is 18.5. The number of cyclic esters (lactones) is 2. The van der Waals surface area contributed by atoms with E-state index in [2.05, 4.69) is 9.57 Å². The Labute approximate surface area is 128 Å². The molecule has 0 bridgehead atoms. The number of esters is 2. The second-order valence-electron chi connectivity index (χ2n) is 5.85. The highest BCUT2D eigenvalue weighted by Crippen LogP contribution is 2.37. The van der Waals surface area contributed by atoms with Gasteiger partial charge in [0.1, 0.15) is 0 Å². The molecule has 8 heteroatoms. The quantitative estimate of drug-likeness (QED) is 0.396. The third-order valence-corrected chi connectivity index (χ3v) is 4.61. The summed E-state index contributed by atoms with van der Waals surface area (Å²) in [6, 6.07) is 0. The maximum absolute atomic E-state index is 10.8. The summed E-state index contributed by atoms with van der Waals surface area (Å²) in [5.74, 6) is 3.27. The molecule has 22 heavy (non-hydrogen) atoms. The van der Waals surface area contributed by atoms with Crippen molar-refractivity contribution in [3.63, 3.8) is 0 Å². The van der Waals surface area contributed by atoms with Crippen molar-refractivity contribution in [2.75, 3.05) is 6.61 Å². The number of carbonyl (C=O) groups is 3. The molecule has 8 nitrogen and oxygen atoms in total. The van der Waals surface area contributed by atoms with Crippen LogP contribution < -0.4 is 12.0 Å². The second kappa shape index (κ2) is 8.21. The highest BCUT2D eigenvalue weighted by molar-refractivity contribution is 5.96. The van der Waals surface area contributed by atoms with Crippen LogP contribution in [0, 0.1) is 23.7 Å². The van der Waals surface area contributed by atoms with Gasteiger partial charge in [-0.05, 0) is 31.6 Å². The Balaban J connectivity index is 0.000000211. The van der Waals surface area contributed by atoms with Crippen molar-refractivity contribution in [3.8, 4) is 0 Å². The molecule has 0 radical (unpaired) electrons. The topological polar surface area (TPSA) is 151 Å². The molecule has 0 aromatic rings. The van der Waals surface area contributed by atoms with Crippen LogP contribution in [0.4, 0.5) is 0 Å². The molecule has 3 aliphatic rings. The first-order chi connectivity index (χ1) is 10.0. The summed E-state index contributed by atoms with van der Waals surface area (Å²) < 4.78 is 4.45. The number of carbonyl (C=O) groups excluding carboxylic acids is 2. The van der Waals surface area contributed by atoms with Crippen LogP contribution in [0.15, 0.2) is 0 Å². The number of carboxylic acids is 1. The molecule has 126 valence electrons. The highest BCUT2D eigenvalue weighted by Gasteiger charge is 2.46. The molecule has 4 atom stereocenters. The number of hydrogen-bond donors (Lipinski definition) is 3. The van der Waals surface area contributed by atoms with Gasteiger partial charge in [-0.25, -0.2) is 5.90 Å². The summed E-state index contributed by atoms with van der Waals surface area (Å²) in [4.78, 5) is 36.7. The fraction of sp³-hybridized carbons (Fsp3) is 0.786. The van der Waals surface area contributed by atoms with Crippen LogP contribution in [0.5, 0.6) is 0 Å². The maximum atomic E-state index is 10.8. The average Bonchev–Trinajstić information content (AvgIpc) is 3.12. The molecule has 0 aromatic carbocycles. The van der Waals surface area contributed by atoms with E-state index in [-0.39, 0.29) is 41.8 Å². The lowest BCUT2D eigenvalue weighted by Gasteiger charge is -2.12. The van der Waals surface area contributed by atoms with Crippen LogP contribution in [0.2, 0.25) is 0 Å². The number of fused-ring (bicyclic) bond motifs is 1. The molecule has 0 aromatic heterocycles. The summed E-state index contributed by atoms with van der Waals surface area (Å²) in [7, 11) is 0. The lowest BCUT2D eigenvalue weighted by Crippen LogP contribution is -2.23. The van der Waals surface area contributed by atoms with Gasteiger partial charge >= 0.3 is 17.9 Å². The van der Waals surface area contributed by atoms with Crippen molar-refractivity contribution in [3.05, 3.63) is 0 Å². The molecule has 0 amide bonds. The molecule has 1 heterocycles. The summed E-state index contributed by atoms with van der Waals surface area (Å²) in [5.41, 5.74) is 0. The van der Waals surface area contributed by atoms with Crippen LogP contribution in [-0.4, -0.2) is 29.6 Å². The van der Waals surface area contributed by atoms with Crippen molar-refractivity contribution in [2.24, 2.45) is 29.6 Å². The Kier molecular flexibility index (Phi) is 6.92. The second-order valence-corrected chi connectivity index (χ2v) is 5.85. The Morgan fingerprint density at radius 1 is 1.14 bits per heavy atom. The number of hydrogen-bond acceptors (Lipinski definition) is 7. The summed E-state index contributed by atoms with van der Waals surface area (Å²) >= 11 is 0. The largest absolute Gasteiger partial charge is 0.481 e. The molecule has 3 fully saturated rings. The highest BCUT2D eigenvalue weighted by atomic mass is 16.6. The van der Waals surface area contributed by atoms with Gasteiger partial charge in [0, 0.05) is 0 Å². The van der Waals surface area contributed by atoms with Crippen molar-refractivity contribution in [1.82, 2.24) is 6.15 Å². The van der Waals surface area contributed by atoms with Gasteiger partial charge in [0.05, 0.1) is 24.4 Å². The molecular formula is C14H24N2O6. The SMILES string of the molecule is N.NOCC1CCCC1C(=O)O.O=C1OC(=O)[C@@H]2CCC[C@H]12. The average molecular weight is 316 g/mol. The van der Waals surface area contributed by atoms with Crippen LogP contribution in [0.25, 0.3) is 0 Å². The third-order valence-electron chi connectivity index (χ3n) is 4.61. The zero-order valence-corrected chi connectivity index (χ0v) is 12.5. The van der Waals surface area contributed by atoms with E-state index in [1.165, 1.54) is 0 Å². The standard InChI is InChI=1S/C7H13NO3.C7H8O3.H3N/c8-11-4-5-2-1-3-6(5)7(9)10;8-6-4-2-1-3-5(4)7(9)10-6;/h5-6H,1-4,8H2,(H,9,10);4-5H,1-3H2;1H3/t;4-,5+;. The Morgan fingerprint density at radius 2 is 1.68 bits per heavy atom. The first-order valence-electron chi connectivity index (χ1n) is 7.34. The van der Waals surface area contributed by atoms with E-state index in [0.717, 1.165) is 38.5 Å². The van der Waals surface area contributed by atoms with Gasteiger partial charge < -0.3 is 20.8 Å². The molecular weight excluding hydrogens is 292 g/mol. The molecule has 1 aliphatic heterocycles. The fourth-order valence-corrected chi connectivity index (χ4v) is 3.46. The predicted molar refractivity (Wildman–Crippen MR) is 75.6 cm³/mol. The zero-order chi connectivity index (χ0) is 15.4. The lowest BCUT2D eigenvalue weighted by atomic mass is 9.97. The molecule has 3 rings (SSSR count). The normalized spacial score (nSPS) is 32.6. The van der Waals surface area contributed by atoms with E-state index < -0.39 is 5.97 Å². The van der Waals surface area contributed by atoms with E-state index in [9.17, 15) is 14.4 Å². The van der Waals surface area contributed by atoms with Crippen molar-refractivity contribution < 1.29 is 29.1 Å². The van der Waals surface area contributed by atoms with Crippen molar-refractivity contribution in [1.29, 1.82) is 0 Å². The van der Waals surface area contributed by atoms with Crippen molar-refractivity contribution >= 4 is 17.9 Å². The number of rotatable bonds is 3. The van der Waals surface area contributed by atoms with E-state index in [1.807, 2.05) is 0 Å². The molecule has 2 aliphatic carbocycles. The van der Waals surface area contributed by atoms with Gasteiger partial charge in [0.15, 0.2) is 0 Å². The Bertz CT molecular complexity index is 408. The van der Waals surface area contributed by atoms with Crippen LogP contribution in [-0.2, 0) is 24.0 Å². The summed E-state index contributed by atoms with van der Waals surface area (Å²) in [5, 5.41) is 8.71. The van der Waals surface area contributed by atoms with Crippen LogP contribution in [0.1, 0.15) is 38.5 Å². The minimum atomic E-state index is -0.718. The van der Waals surface area contributed by atoms with Gasteiger partial charge in [-0.1, -0.05) is 12.8 Å². The number of aliphatic carboxylic acids is 1. The minimum absolute atomic E-state index is 0. The van der Waals surface area contributed by atoms with E-state index in [0.29, 0.717) is 6.61 Å². The van der Waals surface area contributed by atoms with Gasteiger partial charge in [-0.3, -0.25) is 14.4 Å². The molecule has 0 spiro atoms. The predicted octanol–water partition coefficient (Wildman–Crippen LogP) is 1.03. The fourth-order valence-electron chi connectivity index (χ4n) is 3.46. The lowest BCUT2D eigenvalue weighted by molar-refractivity contribution is -0.154. The van der Waals surface area contributed by atoms with Crippen LogP contribution >= 0.6 is 0 Å². The Morgan fingerprint density at radius 3 is 2.18 bits per heavy atom. The summed E-state index contributed by atoms with van der Waals surface area (Å²) in [6.45, 7) is 0.372. The molecule has 2 unspecified atom stereocenters. The zero-order valence-electron chi connectivity index (χ0n) is 12.5. The van der Waals surface area contributed by atoms with E-state index in [4.69, 9.17) is 11.0 Å². The Hall–Kier alpha value is -1.51. The molecule has 2 saturated carbocycles. The number of carboxylic acid groups (broad SMARTS) is 1.